The monoisotopic (exact) mass is 579 g/mol. The smallest absolute Gasteiger partial charge is 0.335 e. The Morgan fingerprint density at radius 3 is 2.69 bits per heavy atom. The van der Waals surface area contributed by atoms with E-state index in [-0.39, 0.29) is 25.9 Å². The van der Waals surface area contributed by atoms with Gasteiger partial charge in [0, 0.05) is 24.9 Å². The lowest BCUT2D eigenvalue weighted by Gasteiger charge is -2.45. The molecule has 2 fully saturated rings. The molecule has 2 aromatic rings. The van der Waals surface area contributed by atoms with Gasteiger partial charge in [0.1, 0.15) is 11.9 Å². The van der Waals surface area contributed by atoms with Crippen molar-refractivity contribution >= 4 is 17.8 Å². The predicted octanol–water partition coefficient (Wildman–Crippen LogP) is 4.38. The Balaban J connectivity index is 1.16. The average Bonchev–Trinajstić information content (AvgIpc) is 3.47. The number of benzene rings is 1. The molecule has 0 bridgehead atoms. The van der Waals surface area contributed by atoms with Gasteiger partial charge in [0.2, 0.25) is 6.79 Å². The van der Waals surface area contributed by atoms with Gasteiger partial charge in [0.05, 0.1) is 5.41 Å². The van der Waals surface area contributed by atoms with E-state index >= 15 is 0 Å². The number of carbonyl (C=O) groups excluding carboxylic acids is 1. The molecule has 0 radical (unpaired) electrons. The van der Waals surface area contributed by atoms with Gasteiger partial charge in [-0.25, -0.2) is 9.78 Å². The number of aliphatic hydroxyl groups excluding tert-OH is 1. The van der Waals surface area contributed by atoms with Crippen molar-refractivity contribution in [2.75, 3.05) is 25.3 Å². The van der Waals surface area contributed by atoms with Gasteiger partial charge >= 0.3 is 11.9 Å². The highest BCUT2D eigenvalue weighted by molar-refractivity contribution is 5.84. The number of aromatic nitrogens is 1. The number of nitrogens with zero attached hydrogens (tertiary/aromatic N) is 2. The Bertz CT molecular complexity index is 1290. The highest BCUT2D eigenvalue weighted by Crippen LogP contribution is 2.45. The van der Waals surface area contributed by atoms with Crippen molar-refractivity contribution in [3.05, 3.63) is 47.2 Å². The summed E-state index contributed by atoms with van der Waals surface area (Å²) >= 11 is 0. The van der Waals surface area contributed by atoms with Crippen molar-refractivity contribution in [3.8, 4) is 11.5 Å². The first-order valence-electron chi connectivity index (χ1n) is 15.4. The largest absolute Gasteiger partial charge is 0.480 e. The summed E-state index contributed by atoms with van der Waals surface area (Å²) in [5, 5.41) is 24.5. The summed E-state index contributed by atoms with van der Waals surface area (Å²) in [4.78, 5) is 37.4. The molecule has 6 rings (SSSR count). The van der Waals surface area contributed by atoms with Crippen molar-refractivity contribution in [2.24, 2.45) is 5.92 Å². The molecule has 0 spiro atoms. The van der Waals surface area contributed by atoms with Gasteiger partial charge < -0.3 is 29.8 Å². The molecule has 226 valence electrons. The van der Waals surface area contributed by atoms with Crippen LogP contribution in [-0.4, -0.2) is 64.2 Å². The van der Waals surface area contributed by atoms with Crippen LogP contribution in [0.25, 0.3) is 0 Å². The van der Waals surface area contributed by atoms with Crippen LogP contribution >= 0.6 is 0 Å². The van der Waals surface area contributed by atoms with Gasteiger partial charge in [0.15, 0.2) is 11.5 Å². The summed E-state index contributed by atoms with van der Waals surface area (Å²) in [6.07, 6.45) is 9.41. The Morgan fingerprint density at radius 2 is 1.90 bits per heavy atom. The lowest BCUT2D eigenvalue weighted by atomic mass is 9.69. The normalized spacial score (nSPS) is 22.9. The number of ether oxygens (including phenoxy) is 2. The first-order valence-corrected chi connectivity index (χ1v) is 15.4. The van der Waals surface area contributed by atoms with Gasteiger partial charge in [-0.15, -0.1) is 5.06 Å². The minimum absolute atomic E-state index is 0.0210. The molecule has 1 atom stereocenters. The minimum atomic E-state index is -1.12. The molecule has 4 aliphatic rings. The molecular weight excluding hydrogens is 538 g/mol. The highest BCUT2D eigenvalue weighted by Gasteiger charge is 2.48. The number of carboxylic acid groups (broad SMARTS) is 1. The number of pyridine rings is 1. The SMILES string of the molecule is O=C(O)[C@H](CCO)N(OC(=O)C1(c2ccc3c(c2)OCO3)CCCCC1)C1CC(CCc2ccc3c(n2)NCCC3)C1. The van der Waals surface area contributed by atoms with Crippen LogP contribution in [0, 0.1) is 5.92 Å². The number of fused-ring (bicyclic) bond motifs is 2. The number of carboxylic acids is 1. The summed E-state index contributed by atoms with van der Waals surface area (Å²) in [5.74, 6) is 1.10. The van der Waals surface area contributed by atoms with Crippen molar-refractivity contribution in [1.29, 1.82) is 0 Å². The van der Waals surface area contributed by atoms with Gasteiger partial charge in [-0.05, 0) is 93.0 Å². The predicted molar refractivity (Wildman–Crippen MR) is 154 cm³/mol. The zero-order chi connectivity index (χ0) is 29.1. The van der Waals surface area contributed by atoms with Crippen LogP contribution in [0.15, 0.2) is 30.3 Å². The standard InChI is InChI=1S/C32H41N3O7/c36-16-12-26(30(37)38)35(25-17-21(18-25)6-9-24-10-7-22-5-4-15-33-29(22)34-24)42-31(39)32(13-2-1-3-14-32)23-8-11-27-28(19-23)41-20-40-27/h7-8,10-11,19,21,25-26,36H,1-6,9,12-18,20H2,(H,33,34)(H,37,38)/t21?,25?,26-/m0/s1. The first kappa shape index (κ1) is 28.7. The average molecular weight is 580 g/mol. The van der Waals surface area contributed by atoms with Crippen LogP contribution in [0.1, 0.15) is 81.0 Å². The van der Waals surface area contributed by atoms with Crippen LogP contribution < -0.4 is 14.8 Å². The molecule has 42 heavy (non-hydrogen) atoms. The Hall–Kier alpha value is -3.37. The van der Waals surface area contributed by atoms with E-state index < -0.39 is 23.4 Å². The van der Waals surface area contributed by atoms with E-state index in [1.807, 2.05) is 18.2 Å². The number of carbonyl (C=O) groups is 2. The molecule has 1 aromatic carbocycles. The molecule has 10 heteroatoms. The second-order valence-electron chi connectivity index (χ2n) is 12.2. The number of nitrogens with one attached hydrogen (secondary N) is 1. The third-order valence-electron chi connectivity index (χ3n) is 9.54. The number of hydroxylamine groups is 2. The highest BCUT2D eigenvalue weighted by atomic mass is 16.7. The Labute approximate surface area is 246 Å². The Morgan fingerprint density at radius 1 is 1.10 bits per heavy atom. The second-order valence-corrected chi connectivity index (χ2v) is 12.2. The van der Waals surface area contributed by atoms with E-state index in [1.54, 1.807) is 0 Å². The number of aliphatic hydroxyl groups is 1. The molecule has 0 saturated heterocycles. The van der Waals surface area contributed by atoms with E-state index in [1.165, 1.54) is 10.6 Å². The second kappa shape index (κ2) is 12.5. The van der Waals surface area contributed by atoms with Gasteiger partial charge in [-0.2, -0.15) is 0 Å². The van der Waals surface area contributed by atoms with Gasteiger partial charge in [0.25, 0.3) is 0 Å². The number of anilines is 1. The van der Waals surface area contributed by atoms with E-state index in [0.29, 0.717) is 30.3 Å². The third kappa shape index (κ3) is 5.79. The number of aryl methyl sites for hydroxylation is 2. The maximum atomic E-state index is 14.1. The summed E-state index contributed by atoms with van der Waals surface area (Å²) < 4.78 is 11.1. The molecule has 0 amide bonds. The van der Waals surface area contributed by atoms with E-state index in [9.17, 15) is 19.8 Å². The molecule has 2 aliphatic carbocycles. The van der Waals surface area contributed by atoms with Gasteiger partial charge in [-0.1, -0.05) is 31.4 Å². The van der Waals surface area contributed by atoms with Crippen LogP contribution in [0.5, 0.6) is 11.5 Å². The zero-order valence-corrected chi connectivity index (χ0v) is 24.1. The third-order valence-corrected chi connectivity index (χ3v) is 9.54. The number of aliphatic carboxylic acids is 1. The molecule has 10 nitrogen and oxygen atoms in total. The van der Waals surface area contributed by atoms with E-state index in [2.05, 4.69) is 17.4 Å². The van der Waals surface area contributed by atoms with E-state index in [0.717, 1.165) is 81.4 Å². The first-order chi connectivity index (χ1) is 20.5. The summed E-state index contributed by atoms with van der Waals surface area (Å²) in [7, 11) is 0. The van der Waals surface area contributed by atoms with Crippen molar-refractivity contribution < 1.29 is 34.1 Å². The fourth-order valence-corrected chi connectivity index (χ4v) is 7.02. The van der Waals surface area contributed by atoms with Crippen LogP contribution in [-0.2, 0) is 32.7 Å². The quantitative estimate of drug-likeness (QED) is 0.330. The molecule has 3 heterocycles. The summed E-state index contributed by atoms with van der Waals surface area (Å²) in [6.45, 7) is 0.789. The maximum Gasteiger partial charge on any atom is 0.335 e. The summed E-state index contributed by atoms with van der Waals surface area (Å²) in [6, 6.07) is 8.54. The van der Waals surface area contributed by atoms with Crippen molar-refractivity contribution in [3.63, 3.8) is 0 Å². The van der Waals surface area contributed by atoms with Crippen LogP contribution in [0.4, 0.5) is 5.82 Å². The molecular formula is C32H41N3O7. The van der Waals surface area contributed by atoms with Crippen molar-refractivity contribution in [1.82, 2.24) is 10.0 Å². The molecule has 0 unspecified atom stereocenters. The lowest BCUT2D eigenvalue weighted by Crippen LogP contribution is -2.55. The maximum absolute atomic E-state index is 14.1. The Kier molecular flexibility index (Phi) is 8.53. The molecule has 3 N–H and O–H groups in total. The van der Waals surface area contributed by atoms with Crippen molar-refractivity contribution in [2.45, 2.75) is 94.5 Å². The summed E-state index contributed by atoms with van der Waals surface area (Å²) in [5.41, 5.74) is 2.24. The van der Waals surface area contributed by atoms with Crippen LogP contribution in [0.3, 0.4) is 0 Å². The fraction of sp³-hybridized carbons (Fsp3) is 0.594. The minimum Gasteiger partial charge on any atom is -0.480 e. The molecule has 2 aliphatic heterocycles. The number of rotatable bonds is 11. The fourth-order valence-electron chi connectivity index (χ4n) is 7.02. The lowest BCUT2D eigenvalue weighted by molar-refractivity contribution is -0.239. The topological polar surface area (TPSA) is 130 Å². The van der Waals surface area contributed by atoms with Gasteiger partial charge in [-0.3, -0.25) is 4.79 Å². The van der Waals surface area contributed by atoms with E-state index in [4.69, 9.17) is 19.3 Å². The zero-order valence-electron chi connectivity index (χ0n) is 24.1. The molecule has 1 aromatic heterocycles. The molecule has 2 saturated carbocycles. The number of hydrogen-bond acceptors (Lipinski definition) is 9. The van der Waals surface area contributed by atoms with Crippen LogP contribution in [0.2, 0.25) is 0 Å². The number of hydrogen-bond donors (Lipinski definition) is 3.